The summed E-state index contributed by atoms with van der Waals surface area (Å²) in [5, 5.41) is 0. The second-order valence-corrected chi connectivity index (χ2v) is 10.6. The van der Waals surface area contributed by atoms with Crippen molar-refractivity contribution in [1.29, 1.82) is 0 Å². The summed E-state index contributed by atoms with van der Waals surface area (Å²) in [4.78, 5) is 11.7. The second-order valence-electron chi connectivity index (χ2n) is 10.6. The molecule has 0 spiro atoms. The monoisotopic (exact) mass is 584 g/mol. The summed E-state index contributed by atoms with van der Waals surface area (Å²) in [6.07, 6.45) is -2.87. The van der Waals surface area contributed by atoms with Crippen molar-refractivity contribution in [3.63, 3.8) is 0 Å². The van der Waals surface area contributed by atoms with Gasteiger partial charge in [0.15, 0.2) is 0 Å². The fraction of sp³-hybridized carbons (Fsp3) is 0.424. The molecule has 0 bridgehead atoms. The molecule has 9 heteroatoms. The molecule has 0 saturated carbocycles. The van der Waals surface area contributed by atoms with Crippen molar-refractivity contribution in [3.8, 4) is 28.4 Å². The van der Waals surface area contributed by atoms with Crippen molar-refractivity contribution in [2.24, 2.45) is 0 Å². The lowest BCUT2D eigenvalue weighted by atomic mass is 9.87. The lowest BCUT2D eigenvalue weighted by molar-refractivity contribution is -0.141. The highest BCUT2D eigenvalue weighted by atomic mass is 19.4. The first-order valence-corrected chi connectivity index (χ1v) is 14.3. The number of methoxy groups -OCH3 is 1. The van der Waals surface area contributed by atoms with E-state index in [0.29, 0.717) is 60.2 Å². The van der Waals surface area contributed by atoms with E-state index in [1.165, 1.54) is 13.2 Å². The smallest absolute Gasteiger partial charge is 0.417 e. The predicted octanol–water partition coefficient (Wildman–Crippen LogP) is 7.67. The number of hydrogen-bond acceptors (Lipinski definition) is 6. The maximum Gasteiger partial charge on any atom is 0.417 e. The van der Waals surface area contributed by atoms with E-state index in [9.17, 15) is 18.0 Å². The highest BCUT2D eigenvalue weighted by Gasteiger charge is 2.36. The third-order valence-corrected chi connectivity index (χ3v) is 7.88. The van der Waals surface area contributed by atoms with Gasteiger partial charge in [0.2, 0.25) is 0 Å². The first-order chi connectivity index (χ1) is 20.2. The van der Waals surface area contributed by atoms with Gasteiger partial charge >= 0.3 is 12.1 Å². The summed E-state index contributed by atoms with van der Waals surface area (Å²) in [6, 6.07) is 14.9. The van der Waals surface area contributed by atoms with Crippen LogP contribution in [0.1, 0.15) is 67.4 Å². The molecule has 5 rings (SSSR count). The zero-order valence-electron chi connectivity index (χ0n) is 24.0. The second kappa shape index (κ2) is 12.7. The summed E-state index contributed by atoms with van der Waals surface area (Å²) in [5.74, 6) is 1.37. The molecule has 6 nitrogen and oxygen atoms in total. The Labute approximate surface area is 243 Å². The minimum absolute atomic E-state index is 0.0335. The van der Waals surface area contributed by atoms with Crippen LogP contribution in [0.3, 0.4) is 0 Å². The topological polar surface area (TPSA) is 63.2 Å². The van der Waals surface area contributed by atoms with Gasteiger partial charge in [-0.2, -0.15) is 13.2 Å². The Hall–Kier alpha value is -3.72. The Balaban J connectivity index is 1.41. The number of alkyl halides is 3. The molecule has 3 aromatic rings. The number of carbonyl (C=O) groups is 1. The van der Waals surface area contributed by atoms with Crippen LogP contribution in [0.25, 0.3) is 11.1 Å². The van der Waals surface area contributed by atoms with E-state index in [-0.39, 0.29) is 30.0 Å². The standard InChI is InChI=1S/C33H35F3O6/c1-4-26-27(20(2)41-25-9-10-28-22(17-31(37)38-3)19-40-30(28)18-25)11-12-29(33(34,35)36)32(26)21-5-7-23(8-6-21)42-24-13-15-39-16-14-24/h5-12,18,20,22,24H,4,13-17,19H2,1-3H3/t20-,22-/m1/s1. The van der Waals surface area contributed by atoms with Crippen LogP contribution in [0.15, 0.2) is 54.6 Å². The Kier molecular flexibility index (Phi) is 8.96. The number of hydrogen-bond donors (Lipinski definition) is 0. The largest absolute Gasteiger partial charge is 0.492 e. The molecule has 1 saturated heterocycles. The van der Waals surface area contributed by atoms with Gasteiger partial charge in [0.05, 0.1) is 38.9 Å². The van der Waals surface area contributed by atoms with E-state index in [1.807, 2.05) is 19.9 Å². The molecule has 42 heavy (non-hydrogen) atoms. The normalized spacial score (nSPS) is 17.7. The molecule has 2 heterocycles. The average molecular weight is 585 g/mol. The Morgan fingerprint density at radius 3 is 2.40 bits per heavy atom. The fourth-order valence-electron chi connectivity index (χ4n) is 5.73. The molecule has 0 aliphatic carbocycles. The van der Waals surface area contributed by atoms with E-state index in [1.54, 1.807) is 36.4 Å². The highest BCUT2D eigenvalue weighted by Crippen LogP contribution is 2.44. The first kappa shape index (κ1) is 29.8. The van der Waals surface area contributed by atoms with Crippen molar-refractivity contribution in [2.75, 3.05) is 26.9 Å². The van der Waals surface area contributed by atoms with Crippen molar-refractivity contribution in [1.82, 2.24) is 0 Å². The van der Waals surface area contributed by atoms with Crippen LogP contribution >= 0.6 is 0 Å². The first-order valence-electron chi connectivity index (χ1n) is 14.3. The predicted molar refractivity (Wildman–Crippen MR) is 151 cm³/mol. The van der Waals surface area contributed by atoms with Crippen LogP contribution in [0.4, 0.5) is 13.2 Å². The summed E-state index contributed by atoms with van der Waals surface area (Å²) in [6.45, 7) is 5.32. The third kappa shape index (κ3) is 6.51. The molecule has 0 N–H and O–H groups in total. The van der Waals surface area contributed by atoms with Gasteiger partial charge in [0.25, 0.3) is 0 Å². The molecular formula is C33H35F3O6. The average Bonchev–Trinajstić information content (AvgIpc) is 3.38. The Morgan fingerprint density at radius 2 is 1.74 bits per heavy atom. The molecular weight excluding hydrogens is 549 g/mol. The van der Waals surface area contributed by atoms with E-state index in [0.717, 1.165) is 24.5 Å². The molecule has 224 valence electrons. The van der Waals surface area contributed by atoms with Gasteiger partial charge in [0.1, 0.15) is 29.5 Å². The number of fused-ring (bicyclic) bond motifs is 1. The van der Waals surface area contributed by atoms with Crippen LogP contribution in [0, 0.1) is 0 Å². The molecule has 0 amide bonds. The van der Waals surface area contributed by atoms with Gasteiger partial charge in [-0.05, 0) is 59.9 Å². The van der Waals surface area contributed by atoms with Gasteiger partial charge in [-0.15, -0.1) is 0 Å². The fourth-order valence-corrected chi connectivity index (χ4v) is 5.73. The van der Waals surface area contributed by atoms with Gasteiger partial charge in [-0.3, -0.25) is 4.79 Å². The molecule has 3 aromatic carbocycles. The lowest BCUT2D eigenvalue weighted by Gasteiger charge is -2.25. The van der Waals surface area contributed by atoms with Gasteiger partial charge in [0, 0.05) is 30.4 Å². The Morgan fingerprint density at radius 1 is 1.02 bits per heavy atom. The van der Waals surface area contributed by atoms with E-state index >= 15 is 0 Å². The maximum atomic E-state index is 14.3. The molecule has 0 aromatic heterocycles. The van der Waals surface area contributed by atoms with Crippen LogP contribution < -0.4 is 14.2 Å². The molecule has 2 aliphatic heterocycles. The zero-order chi connectivity index (χ0) is 29.9. The lowest BCUT2D eigenvalue weighted by Crippen LogP contribution is -2.25. The summed E-state index contributed by atoms with van der Waals surface area (Å²) in [5.41, 5.74) is 2.08. The van der Waals surface area contributed by atoms with Crippen molar-refractivity contribution in [3.05, 3.63) is 76.9 Å². The quantitative estimate of drug-likeness (QED) is 0.241. The summed E-state index contributed by atoms with van der Waals surface area (Å²) >= 11 is 0. The molecule has 0 radical (unpaired) electrons. The summed E-state index contributed by atoms with van der Waals surface area (Å²) < 4.78 is 71.0. The van der Waals surface area contributed by atoms with E-state index in [2.05, 4.69) is 0 Å². The van der Waals surface area contributed by atoms with Gasteiger partial charge < -0.3 is 23.7 Å². The molecule has 2 atom stereocenters. The van der Waals surface area contributed by atoms with E-state index < -0.39 is 17.8 Å². The maximum absolute atomic E-state index is 14.3. The number of ether oxygens (including phenoxy) is 5. The number of esters is 1. The van der Waals surface area contributed by atoms with E-state index in [4.69, 9.17) is 23.7 Å². The zero-order valence-corrected chi connectivity index (χ0v) is 24.0. The third-order valence-electron chi connectivity index (χ3n) is 7.88. The van der Waals surface area contributed by atoms with Crippen LogP contribution in [-0.4, -0.2) is 39.0 Å². The number of carbonyl (C=O) groups excluding carboxylic acids is 1. The van der Waals surface area contributed by atoms with Gasteiger partial charge in [-0.1, -0.05) is 31.2 Å². The van der Waals surface area contributed by atoms with Gasteiger partial charge in [-0.25, -0.2) is 0 Å². The van der Waals surface area contributed by atoms with Crippen LogP contribution in [-0.2, 0) is 26.9 Å². The number of rotatable bonds is 9. The highest BCUT2D eigenvalue weighted by molar-refractivity contribution is 5.74. The van der Waals surface area contributed by atoms with Crippen molar-refractivity contribution >= 4 is 5.97 Å². The number of benzene rings is 3. The van der Waals surface area contributed by atoms with Crippen LogP contribution in [0.5, 0.6) is 17.2 Å². The SMILES string of the molecule is CCc1c([C@@H](C)Oc2ccc3c(c2)OC[C@H]3CC(=O)OC)ccc(C(F)(F)F)c1-c1ccc(OC2CCOCC2)cc1. The Bertz CT molecular complexity index is 1400. The van der Waals surface area contributed by atoms with Crippen molar-refractivity contribution in [2.45, 2.75) is 63.8 Å². The molecule has 0 unspecified atom stereocenters. The van der Waals surface area contributed by atoms with Crippen molar-refractivity contribution < 1.29 is 41.7 Å². The summed E-state index contributed by atoms with van der Waals surface area (Å²) in [7, 11) is 1.35. The number of halogens is 3. The molecule has 2 aliphatic rings. The molecule has 1 fully saturated rings. The minimum Gasteiger partial charge on any atom is -0.492 e. The van der Waals surface area contributed by atoms with Crippen LogP contribution in [0.2, 0.25) is 0 Å². The minimum atomic E-state index is -4.53.